The number of rotatable bonds is 2. The fourth-order valence-corrected chi connectivity index (χ4v) is 0.653. The zero-order chi connectivity index (χ0) is 7.56. The topological polar surface area (TPSA) is 92.0 Å². The summed E-state index contributed by atoms with van der Waals surface area (Å²) in [5.74, 6) is -1.01. The van der Waals surface area contributed by atoms with Crippen molar-refractivity contribution < 1.29 is 9.90 Å². The van der Waals surface area contributed by atoms with Gasteiger partial charge in [0, 0.05) is 6.54 Å². The maximum atomic E-state index is 10.3. The van der Waals surface area contributed by atoms with Crippen molar-refractivity contribution in [2.75, 3.05) is 0 Å². The van der Waals surface area contributed by atoms with Crippen molar-refractivity contribution >= 4 is 5.97 Å². The van der Waals surface area contributed by atoms with Crippen molar-refractivity contribution in [1.29, 1.82) is 0 Å². The van der Waals surface area contributed by atoms with Crippen LogP contribution < -0.4 is 5.73 Å². The molecule has 1 heterocycles. The Bertz CT molecular complexity index is 243. The molecule has 0 saturated heterocycles. The minimum atomic E-state index is -1.01. The van der Waals surface area contributed by atoms with Crippen LogP contribution in [0.25, 0.3) is 0 Å². The van der Waals surface area contributed by atoms with E-state index in [4.69, 9.17) is 10.8 Å². The first-order valence-electron chi connectivity index (χ1n) is 2.71. The maximum absolute atomic E-state index is 10.3. The molecule has 5 heteroatoms. The van der Waals surface area contributed by atoms with Gasteiger partial charge in [-0.1, -0.05) is 0 Å². The summed E-state index contributed by atoms with van der Waals surface area (Å²) in [7, 11) is 0. The summed E-state index contributed by atoms with van der Waals surface area (Å²) in [5, 5.41) is 14.5. The van der Waals surface area contributed by atoms with Crippen molar-refractivity contribution in [3.05, 3.63) is 17.5 Å². The Labute approximate surface area is 56.9 Å². The van der Waals surface area contributed by atoms with Crippen molar-refractivity contribution in [2.45, 2.75) is 6.54 Å². The molecule has 0 spiro atoms. The molecule has 0 bridgehead atoms. The predicted octanol–water partition coefficient (Wildman–Crippen LogP) is -0.433. The first-order valence-corrected chi connectivity index (χ1v) is 2.71. The molecule has 0 aliphatic rings. The van der Waals surface area contributed by atoms with Gasteiger partial charge in [0.2, 0.25) is 0 Å². The Balaban J connectivity index is 3.01. The number of H-pyrrole nitrogens is 1. The van der Waals surface area contributed by atoms with E-state index >= 15 is 0 Å². The van der Waals surface area contributed by atoms with Crippen LogP contribution in [0, 0.1) is 0 Å². The van der Waals surface area contributed by atoms with Crippen LogP contribution in [0.4, 0.5) is 0 Å². The van der Waals surface area contributed by atoms with Crippen LogP contribution in [0.15, 0.2) is 6.20 Å². The zero-order valence-electron chi connectivity index (χ0n) is 5.16. The molecule has 0 aromatic carbocycles. The standard InChI is InChI=1S/C5H7N3O2/c6-1-4-3(5(9)10)2-7-8-4/h2H,1,6H2,(H,7,8)(H,9,10). The molecular weight excluding hydrogens is 134 g/mol. The number of nitrogens with two attached hydrogens (primary N) is 1. The molecule has 4 N–H and O–H groups in total. The molecule has 5 nitrogen and oxygen atoms in total. The van der Waals surface area contributed by atoms with Gasteiger partial charge in [-0.3, -0.25) is 5.10 Å². The van der Waals surface area contributed by atoms with E-state index in [1.165, 1.54) is 6.20 Å². The third-order valence-electron chi connectivity index (χ3n) is 1.15. The van der Waals surface area contributed by atoms with Crippen molar-refractivity contribution in [1.82, 2.24) is 10.2 Å². The highest BCUT2D eigenvalue weighted by atomic mass is 16.4. The lowest BCUT2D eigenvalue weighted by Gasteiger charge is -1.90. The fourth-order valence-electron chi connectivity index (χ4n) is 0.653. The van der Waals surface area contributed by atoms with Crippen LogP contribution in [0.1, 0.15) is 16.1 Å². The summed E-state index contributed by atoms with van der Waals surface area (Å²) < 4.78 is 0. The van der Waals surface area contributed by atoms with Crippen molar-refractivity contribution in [3.8, 4) is 0 Å². The van der Waals surface area contributed by atoms with Gasteiger partial charge in [-0.25, -0.2) is 4.79 Å². The summed E-state index contributed by atoms with van der Waals surface area (Å²) in [4.78, 5) is 10.3. The fraction of sp³-hybridized carbons (Fsp3) is 0.200. The van der Waals surface area contributed by atoms with E-state index in [1.54, 1.807) is 0 Å². The molecule has 0 radical (unpaired) electrons. The molecule has 10 heavy (non-hydrogen) atoms. The van der Waals surface area contributed by atoms with Gasteiger partial charge < -0.3 is 10.8 Å². The Morgan fingerprint density at radius 1 is 1.90 bits per heavy atom. The van der Waals surface area contributed by atoms with E-state index < -0.39 is 5.97 Å². The van der Waals surface area contributed by atoms with E-state index in [1.807, 2.05) is 0 Å². The van der Waals surface area contributed by atoms with Gasteiger partial charge >= 0.3 is 5.97 Å². The van der Waals surface area contributed by atoms with Crippen LogP contribution >= 0.6 is 0 Å². The van der Waals surface area contributed by atoms with Crippen LogP contribution in [0.2, 0.25) is 0 Å². The lowest BCUT2D eigenvalue weighted by Crippen LogP contribution is -2.04. The predicted molar refractivity (Wildman–Crippen MR) is 33.4 cm³/mol. The van der Waals surface area contributed by atoms with Crippen LogP contribution in [-0.2, 0) is 6.54 Å². The molecule has 0 aliphatic heterocycles. The highest BCUT2D eigenvalue weighted by molar-refractivity contribution is 5.88. The highest BCUT2D eigenvalue weighted by Gasteiger charge is 2.09. The molecule has 0 atom stereocenters. The second-order valence-corrected chi connectivity index (χ2v) is 1.77. The number of nitrogens with one attached hydrogen (secondary N) is 1. The van der Waals surface area contributed by atoms with Gasteiger partial charge in [0.1, 0.15) is 5.56 Å². The number of aromatic nitrogens is 2. The summed E-state index contributed by atoms with van der Waals surface area (Å²) >= 11 is 0. The Hall–Kier alpha value is -1.36. The second kappa shape index (κ2) is 2.49. The smallest absolute Gasteiger partial charge is 0.339 e. The number of nitrogens with zero attached hydrogens (tertiary/aromatic N) is 1. The highest BCUT2D eigenvalue weighted by Crippen LogP contribution is 2.01. The van der Waals surface area contributed by atoms with Gasteiger partial charge in [0.15, 0.2) is 0 Å². The number of carbonyl (C=O) groups is 1. The summed E-state index contributed by atoms with van der Waals surface area (Å²) in [6.45, 7) is 0.168. The normalized spacial score (nSPS) is 9.70. The van der Waals surface area contributed by atoms with Gasteiger partial charge in [0.25, 0.3) is 0 Å². The third kappa shape index (κ3) is 0.985. The zero-order valence-corrected chi connectivity index (χ0v) is 5.16. The minimum absolute atomic E-state index is 0.141. The average Bonchev–Trinajstić information content (AvgIpc) is 2.33. The van der Waals surface area contributed by atoms with Gasteiger partial charge in [-0.05, 0) is 0 Å². The van der Waals surface area contributed by atoms with E-state index in [9.17, 15) is 4.79 Å². The Morgan fingerprint density at radius 2 is 2.60 bits per heavy atom. The van der Waals surface area contributed by atoms with Crippen LogP contribution in [0.3, 0.4) is 0 Å². The number of aromatic carboxylic acids is 1. The molecule has 0 fully saturated rings. The minimum Gasteiger partial charge on any atom is -0.478 e. The summed E-state index contributed by atoms with van der Waals surface area (Å²) in [6, 6.07) is 0. The van der Waals surface area contributed by atoms with Crippen molar-refractivity contribution in [3.63, 3.8) is 0 Å². The molecule has 0 saturated carbocycles. The van der Waals surface area contributed by atoms with Crippen molar-refractivity contribution in [2.24, 2.45) is 5.73 Å². The Morgan fingerprint density at radius 3 is 3.00 bits per heavy atom. The molecule has 1 rings (SSSR count). The van der Waals surface area contributed by atoms with E-state index in [-0.39, 0.29) is 12.1 Å². The number of hydrogen-bond acceptors (Lipinski definition) is 3. The summed E-state index contributed by atoms with van der Waals surface area (Å²) in [5.41, 5.74) is 5.79. The molecule has 0 unspecified atom stereocenters. The average molecular weight is 141 g/mol. The molecular formula is C5H7N3O2. The first-order chi connectivity index (χ1) is 4.75. The van der Waals surface area contributed by atoms with Gasteiger partial charge in [-0.2, -0.15) is 5.10 Å². The van der Waals surface area contributed by atoms with E-state index in [2.05, 4.69) is 10.2 Å². The molecule has 0 aliphatic carbocycles. The number of hydrogen-bond donors (Lipinski definition) is 3. The molecule has 1 aromatic rings. The third-order valence-corrected chi connectivity index (χ3v) is 1.15. The summed E-state index contributed by atoms with van der Waals surface area (Å²) in [6.07, 6.45) is 1.24. The quantitative estimate of drug-likeness (QED) is 0.521. The molecule has 0 amide bonds. The van der Waals surface area contributed by atoms with E-state index in [0.29, 0.717) is 5.69 Å². The van der Waals surface area contributed by atoms with Gasteiger partial charge in [0.05, 0.1) is 11.9 Å². The van der Waals surface area contributed by atoms with E-state index in [0.717, 1.165) is 0 Å². The van der Waals surface area contributed by atoms with Gasteiger partial charge in [-0.15, -0.1) is 0 Å². The second-order valence-electron chi connectivity index (χ2n) is 1.77. The number of aromatic amines is 1. The number of carboxylic acids is 1. The molecule has 54 valence electrons. The number of carboxylic acid groups (broad SMARTS) is 1. The maximum Gasteiger partial charge on any atom is 0.339 e. The first kappa shape index (κ1) is 6.76. The lowest BCUT2D eigenvalue weighted by molar-refractivity contribution is 0.0696. The van der Waals surface area contributed by atoms with Crippen LogP contribution in [0.5, 0.6) is 0 Å². The van der Waals surface area contributed by atoms with Crippen LogP contribution in [-0.4, -0.2) is 21.3 Å². The largest absolute Gasteiger partial charge is 0.478 e. The Kier molecular flexibility index (Phi) is 1.68. The monoisotopic (exact) mass is 141 g/mol. The SMILES string of the molecule is NCc1[nH]ncc1C(=O)O. The lowest BCUT2D eigenvalue weighted by atomic mass is 10.2. The molecule has 1 aromatic heterocycles.